The van der Waals surface area contributed by atoms with Crippen molar-refractivity contribution >= 4 is 11.8 Å². The molecule has 0 radical (unpaired) electrons. The lowest BCUT2D eigenvalue weighted by Gasteiger charge is -2.34. The number of nitrogens with one attached hydrogen (secondary N) is 1. The lowest BCUT2D eigenvalue weighted by Crippen LogP contribution is -2.49. The molecule has 1 aliphatic rings. The molecule has 0 aromatic heterocycles. The molecule has 2 atom stereocenters. The normalized spacial score (nSPS) is 22.1. The van der Waals surface area contributed by atoms with E-state index < -0.39 is 5.91 Å². The fraction of sp³-hybridized carbons (Fsp3) is 0.500. The quantitative estimate of drug-likeness (QED) is 0.901. The maximum atomic E-state index is 12.0. The number of methoxy groups -OCH3 is 1. The van der Waals surface area contributed by atoms with E-state index in [-0.39, 0.29) is 24.7 Å². The topological polar surface area (TPSA) is 67.9 Å². The van der Waals surface area contributed by atoms with Gasteiger partial charge in [0.05, 0.1) is 25.9 Å². The molecule has 22 heavy (non-hydrogen) atoms. The van der Waals surface area contributed by atoms with Crippen LogP contribution in [0.5, 0.6) is 5.75 Å². The number of ether oxygens (including phenoxy) is 2. The highest BCUT2D eigenvalue weighted by Gasteiger charge is 2.24. The van der Waals surface area contributed by atoms with Gasteiger partial charge in [-0.2, -0.15) is 0 Å². The minimum absolute atomic E-state index is 0.0915. The van der Waals surface area contributed by atoms with Crippen LogP contribution in [-0.2, 0) is 9.53 Å². The van der Waals surface area contributed by atoms with Crippen LogP contribution in [0, 0.1) is 0 Å². The van der Waals surface area contributed by atoms with Gasteiger partial charge in [0.2, 0.25) is 5.91 Å². The van der Waals surface area contributed by atoms with Gasteiger partial charge < -0.3 is 9.47 Å². The third-order valence-electron chi connectivity index (χ3n) is 3.47. The van der Waals surface area contributed by atoms with Crippen LogP contribution in [0.4, 0.5) is 0 Å². The van der Waals surface area contributed by atoms with E-state index in [0.29, 0.717) is 24.4 Å². The standard InChI is InChI=1S/C16H22N2O4/c1-11-8-18(9-12(2)22-11)10-15(19)17-16(20)13-4-6-14(21-3)7-5-13/h4-7,11-12H,8-10H2,1-3H3,(H,17,19,20)/t11-,12-/m1/s1. The van der Waals surface area contributed by atoms with Crippen LogP contribution in [-0.4, -0.2) is 55.7 Å². The molecule has 6 heteroatoms. The van der Waals surface area contributed by atoms with E-state index in [1.54, 1.807) is 31.4 Å². The number of hydrogen-bond acceptors (Lipinski definition) is 5. The van der Waals surface area contributed by atoms with Crippen LogP contribution in [0.3, 0.4) is 0 Å². The second-order valence-corrected chi connectivity index (χ2v) is 5.56. The van der Waals surface area contributed by atoms with Crippen molar-refractivity contribution in [3.05, 3.63) is 29.8 Å². The van der Waals surface area contributed by atoms with Gasteiger partial charge in [-0.15, -0.1) is 0 Å². The van der Waals surface area contributed by atoms with Crippen LogP contribution < -0.4 is 10.1 Å². The molecule has 120 valence electrons. The van der Waals surface area contributed by atoms with Crippen molar-refractivity contribution in [2.24, 2.45) is 0 Å². The third kappa shape index (κ3) is 4.54. The van der Waals surface area contributed by atoms with Crippen molar-refractivity contribution in [1.82, 2.24) is 10.2 Å². The first-order valence-corrected chi connectivity index (χ1v) is 7.34. The SMILES string of the molecule is COc1ccc(C(=O)NC(=O)CN2C[C@@H](C)O[C@H](C)C2)cc1. The number of rotatable bonds is 4. The van der Waals surface area contributed by atoms with Crippen LogP contribution in [0.1, 0.15) is 24.2 Å². The molecule has 1 heterocycles. The summed E-state index contributed by atoms with van der Waals surface area (Å²) in [6, 6.07) is 6.62. The molecule has 1 aliphatic heterocycles. The minimum atomic E-state index is -0.401. The van der Waals surface area contributed by atoms with Gasteiger partial charge in [0.15, 0.2) is 0 Å². The molecule has 0 unspecified atom stereocenters. The molecule has 1 aromatic carbocycles. The van der Waals surface area contributed by atoms with E-state index in [1.807, 2.05) is 18.7 Å². The zero-order valence-electron chi connectivity index (χ0n) is 13.2. The molecule has 2 rings (SSSR count). The molecule has 2 amide bonds. The van der Waals surface area contributed by atoms with E-state index >= 15 is 0 Å². The molecule has 0 aliphatic carbocycles. The van der Waals surface area contributed by atoms with Crippen molar-refractivity contribution in [1.29, 1.82) is 0 Å². The van der Waals surface area contributed by atoms with Gasteiger partial charge in [-0.1, -0.05) is 0 Å². The molecule has 6 nitrogen and oxygen atoms in total. The van der Waals surface area contributed by atoms with E-state index in [0.717, 1.165) is 0 Å². The number of amides is 2. The zero-order chi connectivity index (χ0) is 16.1. The van der Waals surface area contributed by atoms with Gasteiger partial charge in [0.1, 0.15) is 5.75 Å². The Bertz CT molecular complexity index is 519. The van der Waals surface area contributed by atoms with Gasteiger partial charge in [-0.25, -0.2) is 0 Å². The summed E-state index contributed by atoms with van der Waals surface area (Å²) in [6.45, 7) is 5.52. The summed E-state index contributed by atoms with van der Waals surface area (Å²) < 4.78 is 10.7. The highest BCUT2D eigenvalue weighted by atomic mass is 16.5. The zero-order valence-corrected chi connectivity index (χ0v) is 13.2. The number of imide groups is 1. The maximum Gasteiger partial charge on any atom is 0.257 e. The largest absolute Gasteiger partial charge is 0.497 e. The van der Waals surface area contributed by atoms with Crippen LogP contribution in [0.15, 0.2) is 24.3 Å². The lowest BCUT2D eigenvalue weighted by molar-refractivity contribution is -0.125. The molecule has 0 saturated carbocycles. The number of carbonyl (C=O) groups is 2. The average molecular weight is 306 g/mol. The molecule has 1 N–H and O–H groups in total. The second kappa shape index (κ2) is 7.38. The average Bonchev–Trinajstić information content (AvgIpc) is 2.46. The van der Waals surface area contributed by atoms with Crippen molar-refractivity contribution < 1.29 is 19.1 Å². The summed E-state index contributed by atoms with van der Waals surface area (Å²) >= 11 is 0. The predicted molar refractivity (Wildman–Crippen MR) is 81.9 cm³/mol. The van der Waals surface area contributed by atoms with Crippen molar-refractivity contribution in [2.45, 2.75) is 26.1 Å². The van der Waals surface area contributed by atoms with Crippen molar-refractivity contribution in [2.75, 3.05) is 26.7 Å². The summed E-state index contributed by atoms with van der Waals surface area (Å²) in [4.78, 5) is 26.0. The van der Waals surface area contributed by atoms with Gasteiger partial charge in [-0.05, 0) is 38.1 Å². The summed E-state index contributed by atoms with van der Waals surface area (Å²) in [7, 11) is 1.56. The first kappa shape index (κ1) is 16.5. The van der Waals surface area contributed by atoms with E-state index in [4.69, 9.17) is 9.47 Å². The summed E-state index contributed by atoms with van der Waals surface area (Å²) in [5, 5.41) is 2.41. The van der Waals surface area contributed by atoms with E-state index in [2.05, 4.69) is 5.32 Å². The van der Waals surface area contributed by atoms with Gasteiger partial charge in [-0.3, -0.25) is 19.8 Å². The first-order valence-electron chi connectivity index (χ1n) is 7.34. The Labute approximate surface area is 130 Å². The number of hydrogen-bond donors (Lipinski definition) is 1. The summed E-state index contributed by atoms with van der Waals surface area (Å²) in [5.41, 5.74) is 0.429. The number of morpholine rings is 1. The molecular formula is C16H22N2O4. The Balaban J connectivity index is 1.86. The van der Waals surface area contributed by atoms with Crippen molar-refractivity contribution in [3.8, 4) is 5.75 Å². The smallest absolute Gasteiger partial charge is 0.257 e. The van der Waals surface area contributed by atoms with Crippen LogP contribution in [0.25, 0.3) is 0 Å². The Kier molecular flexibility index (Phi) is 5.51. The molecule has 0 bridgehead atoms. The Morgan fingerprint density at radius 1 is 1.23 bits per heavy atom. The van der Waals surface area contributed by atoms with Gasteiger partial charge in [0, 0.05) is 18.7 Å². The number of carbonyl (C=O) groups excluding carboxylic acids is 2. The predicted octanol–water partition coefficient (Wildman–Crippen LogP) is 1.06. The van der Waals surface area contributed by atoms with Crippen LogP contribution in [0.2, 0.25) is 0 Å². The Morgan fingerprint density at radius 3 is 2.36 bits per heavy atom. The number of nitrogens with zero attached hydrogens (tertiary/aromatic N) is 1. The monoisotopic (exact) mass is 306 g/mol. The van der Waals surface area contributed by atoms with Gasteiger partial charge in [0.25, 0.3) is 5.91 Å². The minimum Gasteiger partial charge on any atom is -0.497 e. The van der Waals surface area contributed by atoms with E-state index in [9.17, 15) is 9.59 Å². The summed E-state index contributed by atoms with van der Waals surface area (Å²) in [6.07, 6.45) is 0.183. The third-order valence-corrected chi connectivity index (χ3v) is 3.47. The molecule has 1 saturated heterocycles. The van der Waals surface area contributed by atoms with Crippen LogP contribution >= 0.6 is 0 Å². The van der Waals surface area contributed by atoms with Crippen molar-refractivity contribution in [3.63, 3.8) is 0 Å². The molecule has 1 fully saturated rings. The Hall–Kier alpha value is -1.92. The number of benzene rings is 1. The maximum absolute atomic E-state index is 12.0. The first-order chi connectivity index (χ1) is 10.5. The highest BCUT2D eigenvalue weighted by Crippen LogP contribution is 2.12. The highest BCUT2D eigenvalue weighted by molar-refractivity contribution is 6.05. The Morgan fingerprint density at radius 2 is 1.82 bits per heavy atom. The molecule has 1 aromatic rings. The second-order valence-electron chi connectivity index (χ2n) is 5.56. The van der Waals surface area contributed by atoms with E-state index in [1.165, 1.54) is 0 Å². The van der Waals surface area contributed by atoms with Gasteiger partial charge >= 0.3 is 0 Å². The molecular weight excluding hydrogens is 284 g/mol. The fourth-order valence-electron chi connectivity index (χ4n) is 2.60. The molecule has 0 spiro atoms. The summed E-state index contributed by atoms with van der Waals surface area (Å²) in [5.74, 6) is -0.0386. The lowest BCUT2D eigenvalue weighted by atomic mass is 10.2. The fourth-order valence-corrected chi connectivity index (χ4v) is 2.60.